The van der Waals surface area contributed by atoms with Gasteiger partial charge in [0, 0.05) is 52.6 Å². The van der Waals surface area contributed by atoms with Crippen molar-refractivity contribution in [3.63, 3.8) is 0 Å². The molecule has 0 atom stereocenters. The number of carbonyl (C=O) groups excluding carboxylic acids is 1. The monoisotopic (exact) mass is 354 g/mol. The maximum Gasteiger partial charge on any atom is 0.252 e. The molecule has 0 aliphatic carbocycles. The van der Waals surface area contributed by atoms with Gasteiger partial charge in [-0.25, -0.2) is 4.98 Å². The number of pyridine rings is 1. The third-order valence-corrected chi connectivity index (χ3v) is 4.55. The van der Waals surface area contributed by atoms with E-state index in [1.54, 1.807) is 13.3 Å². The molecule has 1 amide bonds. The Kier molecular flexibility index (Phi) is 6.57. The van der Waals surface area contributed by atoms with Crippen molar-refractivity contribution in [1.82, 2.24) is 15.2 Å². The molecular weight excluding hydrogens is 328 g/mol. The summed E-state index contributed by atoms with van der Waals surface area (Å²) >= 11 is 0. The Labute approximate surface area is 154 Å². The molecule has 1 fully saturated rings. The first-order chi connectivity index (χ1) is 12.8. The Balaban J connectivity index is 1.49. The largest absolute Gasteiger partial charge is 0.383 e. The summed E-state index contributed by atoms with van der Waals surface area (Å²) in [6.45, 7) is 5.90. The van der Waals surface area contributed by atoms with Crippen LogP contribution in [0.3, 0.4) is 0 Å². The van der Waals surface area contributed by atoms with Crippen LogP contribution >= 0.6 is 0 Å². The third kappa shape index (κ3) is 5.03. The molecule has 0 bridgehead atoms. The molecule has 26 heavy (non-hydrogen) atoms. The standard InChI is InChI=1S/C20H26N4O2/c1-26-14-9-21-20(25)18-7-8-19(22-15-18)24-12-10-23(11-13-24)16-17-5-3-2-4-6-17/h2-8,15H,9-14,16H2,1H3,(H,21,25). The van der Waals surface area contributed by atoms with Crippen molar-refractivity contribution in [3.8, 4) is 0 Å². The molecule has 0 radical (unpaired) electrons. The molecule has 6 heteroatoms. The van der Waals surface area contributed by atoms with Gasteiger partial charge in [-0.3, -0.25) is 9.69 Å². The van der Waals surface area contributed by atoms with E-state index in [1.807, 2.05) is 12.1 Å². The molecule has 0 spiro atoms. The smallest absolute Gasteiger partial charge is 0.252 e. The van der Waals surface area contributed by atoms with Crippen LogP contribution in [0, 0.1) is 0 Å². The number of hydrogen-bond acceptors (Lipinski definition) is 5. The Morgan fingerprint density at radius 1 is 1.12 bits per heavy atom. The number of nitrogens with one attached hydrogen (secondary N) is 1. The van der Waals surface area contributed by atoms with Crippen molar-refractivity contribution < 1.29 is 9.53 Å². The minimum Gasteiger partial charge on any atom is -0.383 e. The summed E-state index contributed by atoms with van der Waals surface area (Å²) in [5.41, 5.74) is 1.93. The number of anilines is 1. The molecule has 1 aromatic heterocycles. The van der Waals surface area contributed by atoms with Gasteiger partial charge in [-0.15, -0.1) is 0 Å². The van der Waals surface area contributed by atoms with Gasteiger partial charge in [0.25, 0.3) is 5.91 Å². The molecule has 138 valence electrons. The number of benzene rings is 1. The average Bonchev–Trinajstić information content (AvgIpc) is 2.70. The van der Waals surface area contributed by atoms with Crippen LogP contribution < -0.4 is 10.2 Å². The highest BCUT2D eigenvalue weighted by molar-refractivity contribution is 5.94. The van der Waals surface area contributed by atoms with E-state index >= 15 is 0 Å². The molecule has 1 saturated heterocycles. The third-order valence-electron chi connectivity index (χ3n) is 4.55. The van der Waals surface area contributed by atoms with E-state index in [2.05, 4.69) is 50.4 Å². The van der Waals surface area contributed by atoms with E-state index < -0.39 is 0 Å². The summed E-state index contributed by atoms with van der Waals surface area (Å²) in [5, 5.41) is 2.80. The SMILES string of the molecule is COCCNC(=O)c1ccc(N2CCN(Cc3ccccc3)CC2)nc1. The summed E-state index contributed by atoms with van der Waals surface area (Å²) in [7, 11) is 1.61. The number of rotatable bonds is 7. The number of nitrogens with zero attached hydrogens (tertiary/aromatic N) is 3. The molecule has 0 unspecified atom stereocenters. The Bertz CT molecular complexity index is 683. The second-order valence-corrected chi connectivity index (χ2v) is 6.40. The zero-order chi connectivity index (χ0) is 18.2. The summed E-state index contributed by atoms with van der Waals surface area (Å²) in [5.74, 6) is 0.812. The first-order valence-corrected chi connectivity index (χ1v) is 9.00. The van der Waals surface area contributed by atoms with Gasteiger partial charge in [0.1, 0.15) is 5.82 Å². The summed E-state index contributed by atoms with van der Waals surface area (Å²) in [6.07, 6.45) is 1.65. The highest BCUT2D eigenvalue weighted by Gasteiger charge is 2.18. The minimum absolute atomic E-state index is 0.117. The van der Waals surface area contributed by atoms with E-state index in [-0.39, 0.29) is 5.91 Å². The lowest BCUT2D eigenvalue weighted by atomic mass is 10.2. The molecule has 1 aliphatic rings. The average molecular weight is 354 g/mol. The van der Waals surface area contributed by atoms with Crippen LogP contribution in [0.15, 0.2) is 48.7 Å². The van der Waals surface area contributed by atoms with Crippen molar-refractivity contribution >= 4 is 11.7 Å². The summed E-state index contributed by atoms with van der Waals surface area (Å²) < 4.78 is 4.93. The van der Waals surface area contributed by atoms with Crippen molar-refractivity contribution in [2.45, 2.75) is 6.54 Å². The van der Waals surface area contributed by atoms with E-state index in [0.29, 0.717) is 18.7 Å². The van der Waals surface area contributed by atoms with Gasteiger partial charge in [0.2, 0.25) is 0 Å². The number of carbonyl (C=O) groups is 1. The van der Waals surface area contributed by atoms with Gasteiger partial charge in [-0.05, 0) is 17.7 Å². The van der Waals surface area contributed by atoms with E-state index in [0.717, 1.165) is 38.5 Å². The lowest BCUT2D eigenvalue weighted by Crippen LogP contribution is -2.46. The number of methoxy groups -OCH3 is 1. The molecule has 3 rings (SSSR count). The van der Waals surface area contributed by atoms with Gasteiger partial charge in [-0.2, -0.15) is 0 Å². The van der Waals surface area contributed by atoms with Crippen LogP contribution in [0.5, 0.6) is 0 Å². The van der Waals surface area contributed by atoms with Gasteiger partial charge >= 0.3 is 0 Å². The minimum atomic E-state index is -0.117. The molecule has 6 nitrogen and oxygen atoms in total. The zero-order valence-electron chi connectivity index (χ0n) is 15.2. The lowest BCUT2D eigenvalue weighted by Gasteiger charge is -2.35. The van der Waals surface area contributed by atoms with Crippen molar-refractivity contribution in [3.05, 3.63) is 59.8 Å². The van der Waals surface area contributed by atoms with Crippen LogP contribution in [0.1, 0.15) is 15.9 Å². The molecule has 2 aromatic rings. The van der Waals surface area contributed by atoms with Crippen LogP contribution in [0.2, 0.25) is 0 Å². The van der Waals surface area contributed by atoms with E-state index in [9.17, 15) is 4.79 Å². The first kappa shape index (κ1) is 18.4. The lowest BCUT2D eigenvalue weighted by molar-refractivity contribution is 0.0937. The molecular formula is C20H26N4O2. The van der Waals surface area contributed by atoms with Crippen LogP contribution in [-0.2, 0) is 11.3 Å². The van der Waals surface area contributed by atoms with Gasteiger partial charge in [0.15, 0.2) is 0 Å². The Hall–Kier alpha value is -2.44. The Morgan fingerprint density at radius 2 is 1.88 bits per heavy atom. The van der Waals surface area contributed by atoms with Crippen LogP contribution in [0.25, 0.3) is 0 Å². The Morgan fingerprint density at radius 3 is 2.54 bits per heavy atom. The number of aromatic nitrogens is 1. The van der Waals surface area contributed by atoms with Gasteiger partial charge in [-0.1, -0.05) is 30.3 Å². The second kappa shape index (κ2) is 9.31. The zero-order valence-corrected chi connectivity index (χ0v) is 15.2. The molecule has 1 aliphatic heterocycles. The first-order valence-electron chi connectivity index (χ1n) is 9.00. The predicted octanol–water partition coefficient (Wildman–Crippen LogP) is 1.78. The van der Waals surface area contributed by atoms with Crippen molar-refractivity contribution in [2.24, 2.45) is 0 Å². The number of amides is 1. The fourth-order valence-corrected chi connectivity index (χ4v) is 3.05. The normalized spacial score (nSPS) is 15.0. The maximum absolute atomic E-state index is 12.0. The summed E-state index contributed by atoms with van der Waals surface area (Å²) in [6, 6.07) is 14.3. The van der Waals surface area contributed by atoms with Crippen molar-refractivity contribution in [2.75, 3.05) is 51.3 Å². The van der Waals surface area contributed by atoms with Gasteiger partial charge < -0.3 is 15.0 Å². The second-order valence-electron chi connectivity index (χ2n) is 6.40. The fourth-order valence-electron chi connectivity index (χ4n) is 3.05. The van der Waals surface area contributed by atoms with Crippen molar-refractivity contribution in [1.29, 1.82) is 0 Å². The number of hydrogen-bond donors (Lipinski definition) is 1. The highest BCUT2D eigenvalue weighted by atomic mass is 16.5. The number of ether oxygens (including phenoxy) is 1. The van der Waals surface area contributed by atoms with Crippen LogP contribution in [0.4, 0.5) is 5.82 Å². The highest BCUT2D eigenvalue weighted by Crippen LogP contribution is 2.15. The maximum atomic E-state index is 12.0. The molecule has 2 heterocycles. The molecule has 1 N–H and O–H groups in total. The van der Waals surface area contributed by atoms with E-state index in [4.69, 9.17) is 4.74 Å². The quantitative estimate of drug-likeness (QED) is 0.768. The fraction of sp³-hybridized carbons (Fsp3) is 0.400. The van der Waals surface area contributed by atoms with E-state index in [1.165, 1.54) is 5.56 Å². The predicted molar refractivity (Wildman–Crippen MR) is 102 cm³/mol. The molecule has 0 saturated carbocycles. The topological polar surface area (TPSA) is 57.7 Å². The van der Waals surface area contributed by atoms with Gasteiger partial charge in [0.05, 0.1) is 12.2 Å². The number of piperazine rings is 1. The summed E-state index contributed by atoms with van der Waals surface area (Å²) in [4.78, 5) is 21.2. The molecule has 1 aromatic carbocycles. The van der Waals surface area contributed by atoms with Crippen LogP contribution in [-0.4, -0.2) is 62.2 Å².